The van der Waals surface area contributed by atoms with Crippen molar-refractivity contribution < 1.29 is 4.74 Å². The summed E-state index contributed by atoms with van der Waals surface area (Å²) in [6, 6.07) is 9.74. The first-order valence-electron chi connectivity index (χ1n) is 6.07. The van der Waals surface area contributed by atoms with Gasteiger partial charge >= 0.3 is 0 Å². The van der Waals surface area contributed by atoms with Crippen molar-refractivity contribution in [3.63, 3.8) is 0 Å². The molecule has 1 N–H and O–H groups in total. The first-order valence-corrected chi connectivity index (χ1v) is 6.07. The van der Waals surface area contributed by atoms with Crippen molar-refractivity contribution in [2.45, 2.75) is 26.6 Å². The van der Waals surface area contributed by atoms with Gasteiger partial charge in [-0.05, 0) is 19.1 Å². The van der Waals surface area contributed by atoms with Gasteiger partial charge in [-0.2, -0.15) is 0 Å². The highest BCUT2D eigenvalue weighted by Crippen LogP contribution is 2.17. The molecule has 0 bridgehead atoms. The minimum absolute atomic E-state index is 0.415. The van der Waals surface area contributed by atoms with Crippen LogP contribution in [-0.4, -0.2) is 9.97 Å². The lowest BCUT2D eigenvalue weighted by Crippen LogP contribution is -2.06. The fraction of sp³-hybridized carbons (Fsp3) is 0.286. The molecular weight excluding hydrogens is 226 g/mol. The Morgan fingerprint density at radius 3 is 2.83 bits per heavy atom. The van der Waals surface area contributed by atoms with E-state index >= 15 is 0 Å². The molecule has 0 saturated carbocycles. The Kier molecular flexibility index (Phi) is 2.94. The number of aromatic nitrogens is 2. The van der Waals surface area contributed by atoms with Gasteiger partial charge in [-0.15, -0.1) is 0 Å². The Hall–Kier alpha value is -1.94. The molecule has 1 aromatic carbocycles. The van der Waals surface area contributed by atoms with Crippen LogP contribution in [0.5, 0.6) is 5.75 Å². The number of para-hydroxylation sites is 1. The number of benzene rings is 1. The van der Waals surface area contributed by atoms with Gasteiger partial charge in [-0.25, -0.2) is 9.97 Å². The van der Waals surface area contributed by atoms with E-state index in [1.54, 1.807) is 0 Å². The molecule has 1 aromatic heterocycles. The molecule has 0 atom stereocenters. The molecule has 3 rings (SSSR count). The van der Waals surface area contributed by atoms with E-state index in [1.807, 2.05) is 37.3 Å². The minimum Gasteiger partial charge on any atom is -0.486 e. The summed E-state index contributed by atoms with van der Waals surface area (Å²) in [7, 11) is 0. The highest BCUT2D eigenvalue weighted by Gasteiger charge is 2.16. The quantitative estimate of drug-likeness (QED) is 0.892. The topological polar surface area (TPSA) is 47.0 Å². The van der Waals surface area contributed by atoms with Crippen LogP contribution in [0.1, 0.15) is 22.8 Å². The second-order valence-electron chi connectivity index (χ2n) is 4.36. The van der Waals surface area contributed by atoms with Crippen LogP contribution in [0.15, 0.2) is 30.3 Å². The van der Waals surface area contributed by atoms with Crippen molar-refractivity contribution in [2.24, 2.45) is 0 Å². The van der Waals surface area contributed by atoms with E-state index in [0.717, 1.165) is 36.1 Å². The molecule has 0 aliphatic carbocycles. The van der Waals surface area contributed by atoms with E-state index in [1.165, 1.54) is 5.56 Å². The summed E-state index contributed by atoms with van der Waals surface area (Å²) in [6.07, 6.45) is 0. The van der Waals surface area contributed by atoms with Gasteiger partial charge in [0, 0.05) is 24.3 Å². The summed E-state index contributed by atoms with van der Waals surface area (Å²) in [6.45, 7) is 4.15. The fourth-order valence-corrected chi connectivity index (χ4v) is 2.13. The second kappa shape index (κ2) is 4.74. The summed E-state index contributed by atoms with van der Waals surface area (Å²) < 4.78 is 5.66. The predicted octanol–water partition coefficient (Wildman–Crippen LogP) is 1.97. The zero-order chi connectivity index (χ0) is 12.4. The molecule has 1 aliphatic rings. The van der Waals surface area contributed by atoms with Gasteiger partial charge in [-0.1, -0.05) is 18.2 Å². The van der Waals surface area contributed by atoms with Gasteiger partial charge in [-0.3, -0.25) is 0 Å². The number of hydrogen-bond acceptors (Lipinski definition) is 4. The molecule has 0 spiro atoms. The lowest BCUT2D eigenvalue weighted by molar-refractivity contribution is 0.295. The number of rotatable bonds is 3. The number of nitrogens with one attached hydrogen (secondary N) is 1. The molecule has 0 unspecified atom stereocenters. The highest BCUT2D eigenvalue weighted by molar-refractivity contribution is 5.28. The van der Waals surface area contributed by atoms with Gasteiger partial charge in [0.2, 0.25) is 0 Å². The van der Waals surface area contributed by atoms with Crippen molar-refractivity contribution >= 4 is 0 Å². The fourth-order valence-electron chi connectivity index (χ4n) is 2.13. The van der Waals surface area contributed by atoms with E-state index in [4.69, 9.17) is 4.74 Å². The monoisotopic (exact) mass is 241 g/mol. The molecule has 0 saturated heterocycles. The molecule has 0 radical (unpaired) electrons. The summed E-state index contributed by atoms with van der Waals surface area (Å²) in [4.78, 5) is 9.01. The number of nitrogens with zero attached hydrogens (tertiary/aromatic N) is 2. The summed E-state index contributed by atoms with van der Waals surface area (Å²) in [5.41, 5.74) is 3.39. The summed E-state index contributed by atoms with van der Waals surface area (Å²) >= 11 is 0. The molecule has 0 amide bonds. The average Bonchev–Trinajstić information content (AvgIpc) is 2.86. The lowest BCUT2D eigenvalue weighted by Gasteiger charge is -2.08. The van der Waals surface area contributed by atoms with E-state index in [-0.39, 0.29) is 0 Å². The summed E-state index contributed by atoms with van der Waals surface area (Å²) in [5.74, 6) is 1.59. The first-order chi connectivity index (χ1) is 8.83. The third kappa shape index (κ3) is 2.19. The van der Waals surface area contributed by atoms with Crippen LogP contribution in [0.3, 0.4) is 0 Å². The summed E-state index contributed by atoms with van der Waals surface area (Å²) in [5, 5.41) is 3.29. The van der Waals surface area contributed by atoms with Gasteiger partial charge in [0.1, 0.15) is 12.4 Å². The predicted molar refractivity (Wildman–Crippen MR) is 68.1 cm³/mol. The molecule has 2 heterocycles. The van der Waals surface area contributed by atoms with Crippen molar-refractivity contribution in [3.05, 3.63) is 53.1 Å². The smallest absolute Gasteiger partial charge is 0.166 e. The van der Waals surface area contributed by atoms with E-state index in [2.05, 4.69) is 15.3 Å². The molecule has 18 heavy (non-hydrogen) atoms. The van der Waals surface area contributed by atoms with Crippen molar-refractivity contribution in [1.82, 2.24) is 15.3 Å². The molecular formula is C14H15N3O. The maximum Gasteiger partial charge on any atom is 0.166 e. The van der Waals surface area contributed by atoms with Crippen LogP contribution in [0, 0.1) is 6.92 Å². The van der Waals surface area contributed by atoms with Crippen LogP contribution in [0.25, 0.3) is 0 Å². The third-order valence-corrected chi connectivity index (χ3v) is 3.05. The highest BCUT2D eigenvalue weighted by atomic mass is 16.5. The average molecular weight is 241 g/mol. The van der Waals surface area contributed by atoms with Crippen LogP contribution in [-0.2, 0) is 19.7 Å². The largest absolute Gasteiger partial charge is 0.486 e. The Balaban J connectivity index is 1.76. The van der Waals surface area contributed by atoms with Crippen LogP contribution < -0.4 is 10.1 Å². The zero-order valence-electron chi connectivity index (χ0n) is 10.3. The first kappa shape index (κ1) is 11.2. The Bertz CT molecular complexity index is 554. The van der Waals surface area contributed by atoms with Crippen molar-refractivity contribution in [1.29, 1.82) is 0 Å². The third-order valence-electron chi connectivity index (χ3n) is 3.05. The molecule has 4 nitrogen and oxygen atoms in total. The van der Waals surface area contributed by atoms with Gasteiger partial charge in [0.05, 0.1) is 5.69 Å². The maximum absolute atomic E-state index is 5.66. The minimum atomic E-state index is 0.415. The van der Waals surface area contributed by atoms with E-state index in [9.17, 15) is 0 Å². The Morgan fingerprint density at radius 1 is 1.17 bits per heavy atom. The normalized spacial score (nSPS) is 13.4. The van der Waals surface area contributed by atoms with Crippen molar-refractivity contribution in [3.8, 4) is 5.75 Å². The molecule has 92 valence electrons. The van der Waals surface area contributed by atoms with Gasteiger partial charge in [0.25, 0.3) is 0 Å². The zero-order valence-corrected chi connectivity index (χ0v) is 10.3. The number of ether oxygens (including phenoxy) is 1. The van der Waals surface area contributed by atoms with Crippen molar-refractivity contribution in [2.75, 3.05) is 0 Å². The van der Waals surface area contributed by atoms with Gasteiger partial charge in [0.15, 0.2) is 5.82 Å². The van der Waals surface area contributed by atoms with Crippen LogP contribution in [0.2, 0.25) is 0 Å². The standard InChI is InChI=1S/C14H15N3O/c1-10-12-7-15-8-13(12)17-14(16-10)9-18-11-5-3-2-4-6-11/h2-6,15H,7-9H2,1H3. The SMILES string of the molecule is Cc1nc(COc2ccccc2)nc2c1CNC2. The Labute approximate surface area is 106 Å². The molecule has 1 aliphatic heterocycles. The molecule has 2 aromatic rings. The van der Waals surface area contributed by atoms with E-state index in [0.29, 0.717) is 6.61 Å². The number of hydrogen-bond donors (Lipinski definition) is 1. The number of aryl methyl sites for hydroxylation is 1. The maximum atomic E-state index is 5.66. The lowest BCUT2D eigenvalue weighted by atomic mass is 10.2. The molecule has 0 fully saturated rings. The van der Waals surface area contributed by atoms with Gasteiger partial charge < -0.3 is 10.1 Å². The molecule has 4 heteroatoms. The second-order valence-corrected chi connectivity index (χ2v) is 4.36. The number of fused-ring (bicyclic) bond motifs is 1. The van der Waals surface area contributed by atoms with E-state index < -0.39 is 0 Å². The van der Waals surface area contributed by atoms with Crippen LogP contribution >= 0.6 is 0 Å². The van der Waals surface area contributed by atoms with Crippen LogP contribution in [0.4, 0.5) is 0 Å². The Morgan fingerprint density at radius 2 is 2.00 bits per heavy atom.